The summed E-state index contributed by atoms with van der Waals surface area (Å²) in [4.78, 5) is 10.9. The maximum absolute atomic E-state index is 10.9. The van der Waals surface area contributed by atoms with Crippen LogP contribution in [0.1, 0.15) is 44.6 Å². The summed E-state index contributed by atoms with van der Waals surface area (Å²) in [5.74, 6) is 1.49. The van der Waals surface area contributed by atoms with Gasteiger partial charge in [0.15, 0.2) is 11.5 Å². The van der Waals surface area contributed by atoms with Crippen LogP contribution in [-0.4, -0.2) is 26.0 Å². The molecule has 1 unspecified atom stereocenters. The maximum atomic E-state index is 10.9. The van der Waals surface area contributed by atoms with Gasteiger partial charge < -0.3 is 20.0 Å². The second-order valence-electron chi connectivity index (χ2n) is 6.03. The van der Waals surface area contributed by atoms with Crippen LogP contribution in [0.25, 0.3) is 0 Å². The summed E-state index contributed by atoms with van der Waals surface area (Å²) in [7, 11) is 1.64. The lowest BCUT2D eigenvalue weighted by atomic mass is 9.80. The first-order chi connectivity index (χ1) is 10.1. The highest BCUT2D eigenvalue weighted by Gasteiger charge is 2.27. The molecule has 116 valence electrons. The first kappa shape index (κ1) is 15.8. The molecule has 1 aliphatic rings. The van der Waals surface area contributed by atoms with Crippen LogP contribution in [-0.2, 0) is 10.2 Å². The number of hydrogen-bond donors (Lipinski definition) is 1. The summed E-state index contributed by atoms with van der Waals surface area (Å²) in [6.07, 6.45) is 6.22. The molecule has 4 nitrogen and oxygen atoms in total. The van der Waals surface area contributed by atoms with E-state index in [4.69, 9.17) is 15.2 Å². The van der Waals surface area contributed by atoms with E-state index < -0.39 is 0 Å². The van der Waals surface area contributed by atoms with Crippen LogP contribution < -0.4 is 15.2 Å². The van der Waals surface area contributed by atoms with Crippen molar-refractivity contribution in [2.45, 2.75) is 50.5 Å². The van der Waals surface area contributed by atoms with Gasteiger partial charge in [-0.25, -0.2) is 0 Å². The molecule has 0 bridgehead atoms. The highest BCUT2D eigenvalue weighted by molar-refractivity contribution is 5.55. The molecule has 1 aromatic rings. The van der Waals surface area contributed by atoms with Gasteiger partial charge in [-0.2, -0.15) is 0 Å². The van der Waals surface area contributed by atoms with E-state index in [1.54, 1.807) is 7.11 Å². The van der Waals surface area contributed by atoms with Gasteiger partial charge in [0, 0.05) is 18.4 Å². The van der Waals surface area contributed by atoms with Crippen LogP contribution >= 0.6 is 0 Å². The molecule has 2 N–H and O–H groups in total. The van der Waals surface area contributed by atoms with Gasteiger partial charge in [0.2, 0.25) is 0 Å². The Hall–Kier alpha value is -1.55. The highest BCUT2D eigenvalue weighted by Crippen LogP contribution is 2.36. The second kappa shape index (κ2) is 6.94. The number of carbonyl (C=O) groups is 1. The van der Waals surface area contributed by atoms with Crippen molar-refractivity contribution >= 4 is 6.29 Å². The Labute approximate surface area is 126 Å². The third kappa shape index (κ3) is 3.56. The fourth-order valence-corrected chi connectivity index (χ4v) is 2.83. The number of aldehydes is 1. The SMILES string of the molecule is COc1ccc(C(C)(CN)CC=O)cc1OC1CCCC1. The summed E-state index contributed by atoms with van der Waals surface area (Å²) >= 11 is 0. The van der Waals surface area contributed by atoms with Gasteiger partial charge in [0.05, 0.1) is 13.2 Å². The molecule has 1 atom stereocenters. The molecule has 0 heterocycles. The minimum absolute atomic E-state index is 0.268. The fourth-order valence-electron chi connectivity index (χ4n) is 2.83. The monoisotopic (exact) mass is 291 g/mol. The number of rotatable bonds is 7. The predicted octanol–water partition coefficient (Wildman–Crippen LogP) is 2.82. The lowest BCUT2D eigenvalue weighted by Gasteiger charge is -2.27. The van der Waals surface area contributed by atoms with Gasteiger partial charge in [-0.3, -0.25) is 0 Å². The molecule has 21 heavy (non-hydrogen) atoms. The molecule has 4 heteroatoms. The van der Waals surface area contributed by atoms with E-state index in [1.807, 2.05) is 25.1 Å². The zero-order valence-corrected chi connectivity index (χ0v) is 12.9. The molecule has 0 radical (unpaired) electrons. The van der Waals surface area contributed by atoms with E-state index in [1.165, 1.54) is 12.8 Å². The summed E-state index contributed by atoms with van der Waals surface area (Å²) in [5.41, 5.74) is 6.54. The normalized spacial score (nSPS) is 18.2. The van der Waals surface area contributed by atoms with Crippen molar-refractivity contribution in [3.05, 3.63) is 23.8 Å². The van der Waals surface area contributed by atoms with Crippen molar-refractivity contribution in [2.75, 3.05) is 13.7 Å². The van der Waals surface area contributed by atoms with Gasteiger partial charge in [-0.15, -0.1) is 0 Å². The highest BCUT2D eigenvalue weighted by atomic mass is 16.5. The van der Waals surface area contributed by atoms with E-state index in [9.17, 15) is 4.79 Å². The lowest BCUT2D eigenvalue weighted by molar-refractivity contribution is -0.108. The van der Waals surface area contributed by atoms with Crippen molar-refractivity contribution in [1.29, 1.82) is 0 Å². The van der Waals surface area contributed by atoms with Crippen LogP contribution in [0.3, 0.4) is 0 Å². The molecule has 1 fully saturated rings. The third-order valence-corrected chi connectivity index (χ3v) is 4.44. The van der Waals surface area contributed by atoms with Gasteiger partial charge in [0.25, 0.3) is 0 Å². The van der Waals surface area contributed by atoms with E-state index >= 15 is 0 Å². The third-order valence-electron chi connectivity index (χ3n) is 4.44. The number of nitrogens with two attached hydrogens (primary N) is 1. The smallest absolute Gasteiger partial charge is 0.161 e. The van der Waals surface area contributed by atoms with E-state index in [2.05, 4.69) is 0 Å². The number of hydrogen-bond acceptors (Lipinski definition) is 4. The van der Waals surface area contributed by atoms with Crippen molar-refractivity contribution in [1.82, 2.24) is 0 Å². The van der Waals surface area contributed by atoms with Gasteiger partial charge in [-0.05, 0) is 43.4 Å². The molecular weight excluding hydrogens is 266 g/mol. The van der Waals surface area contributed by atoms with Gasteiger partial charge in [-0.1, -0.05) is 13.0 Å². The molecule has 0 amide bonds. The van der Waals surface area contributed by atoms with E-state index in [0.29, 0.717) is 13.0 Å². The Bertz CT molecular complexity index is 483. The topological polar surface area (TPSA) is 61.5 Å². The number of methoxy groups -OCH3 is 1. The summed E-state index contributed by atoms with van der Waals surface area (Å²) in [5, 5.41) is 0. The first-order valence-corrected chi connectivity index (χ1v) is 7.62. The van der Waals surface area contributed by atoms with Crippen molar-refractivity contribution in [3.63, 3.8) is 0 Å². The molecule has 1 saturated carbocycles. The van der Waals surface area contributed by atoms with Crippen LogP contribution in [0.15, 0.2) is 18.2 Å². The minimum Gasteiger partial charge on any atom is -0.493 e. The number of benzene rings is 1. The Kier molecular flexibility index (Phi) is 5.23. The zero-order chi connectivity index (χ0) is 15.3. The Morgan fingerprint density at radius 1 is 1.33 bits per heavy atom. The Morgan fingerprint density at radius 3 is 2.62 bits per heavy atom. The Morgan fingerprint density at radius 2 is 2.05 bits per heavy atom. The molecule has 0 aliphatic heterocycles. The molecular formula is C17H25NO3. The summed E-state index contributed by atoms with van der Waals surface area (Å²) < 4.78 is 11.5. The average Bonchev–Trinajstić information content (AvgIpc) is 3.00. The zero-order valence-electron chi connectivity index (χ0n) is 12.9. The first-order valence-electron chi connectivity index (χ1n) is 7.62. The van der Waals surface area contributed by atoms with Gasteiger partial charge >= 0.3 is 0 Å². The van der Waals surface area contributed by atoms with Crippen molar-refractivity contribution in [3.8, 4) is 11.5 Å². The molecule has 1 aromatic carbocycles. The number of ether oxygens (including phenoxy) is 2. The maximum Gasteiger partial charge on any atom is 0.161 e. The van der Waals surface area contributed by atoms with Crippen LogP contribution in [0.4, 0.5) is 0 Å². The van der Waals surface area contributed by atoms with E-state index in [-0.39, 0.29) is 11.5 Å². The minimum atomic E-state index is -0.359. The van der Waals surface area contributed by atoms with Gasteiger partial charge in [0.1, 0.15) is 6.29 Å². The predicted molar refractivity (Wildman–Crippen MR) is 83.0 cm³/mol. The standard InChI is InChI=1S/C17H25NO3/c1-17(12-18,9-10-19)13-7-8-15(20-2)16(11-13)21-14-5-3-4-6-14/h7-8,10-11,14H,3-6,9,12,18H2,1-2H3. The summed E-state index contributed by atoms with van der Waals surface area (Å²) in [6, 6.07) is 5.85. The largest absolute Gasteiger partial charge is 0.493 e. The Balaban J connectivity index is 2.29. The quantitative estimate of drug-likeness (QED) is 0.785. The van der Waals surface area contributed by atoms with Crippen molar-refractivity contribution < 1.29 is 14.3 Å². The molecule has 2 rings (SSSR count). The summed E-state index contributed by atoms with van der Waals surface area (Å²) in [6.45, 7) is 2.42. The van der Waals surface area contributed by atoms with E-state index in [0.717, 1.165) is 36.2 Å². The van der Waals surface area contributed by atoms with Crippen LogP contribution in [0, 0.1) is 0 Å². The fraction of sp³-hybridized carbons (Fsp3) is 0.588. The molecule has 1 aliphatic carbocycles. The average molecular weight is 291 g/mol. The molecule has 0 saturated heterocycles. The van der Waals surface area contributed by atoms with Crippen LogP contribution in [0.2, 0.25) is 0 Å². The molecule has 0 aromatic heterocycles. The molecule has 0 spiro atoms. The number of carbonyl (C=O) groups excluding carboxylic acids is 1. The van der Waals surface area contributed by atoms with Crippen molar-refractivity contribution in [2.24, 2.45) is 5.73 Å². The lowest BCUT2D eigenvalue weighted by Crippen LogP contribution is -2.32. The second-order valence-corrected chi connectivity index (χ2v) is 6.03. The van der Waals surface area contributed by atoms with Crippen LogP contribution in [0.5, 0.6) is 11.5 Å².